The normalized spacial score (nSPS) is 11.1. The molecule has 7 heteroatoms. The van der Waals surface area contributed by atoms with Crippen molar-refractivity contribution in [1.82, 2.24) is 14.0 Å². The van der Waals surface area contributed by atoms with Crippen LogP contribution in [0.4, 0.5) is 0 Å². The van der Waals surface area contributed by atoms with Gasteiger partial charge in [0, 0.05) is 25.6 Å². The lowest BCUT2D eigenvalue weighted by atomic mass is 10.2. The van der Waals surface area contributed by atoms with Crippen LogP contribution >= 0.6 is 0 Å². The molecule has 0 aliphatic carbocycles. The Morgan fingerprint density at radius 2 is 1.69 bits per heavy atom. The molecule has 0 bridgehead atoms. The first-order chi connectivity index (χ1) is 12.4. The molecule has 0 radical (unpaired) electrons. The van der Waals surface area contributed by atoms with E-state index in [1.807, 2.05) is 45.0 Å². The number of ether oxygens (including phenoxy) is 1. The Labute approximate surface area is 153 Å². The van der Waals surface area contributed by atoms with Crippen LogP contribution in [-0.2, 0) is 27.4 Å². The van der Waals surface area contributed by atoms with E-state index in [9.17, 15) is 14.4 Å². The van der Waals surface area contributed by atoms with Crippen molar-refractivity contribution in [2.45, 2.75) is 52.7 Å². The molecule has 1 heterocycles. The number of fused-ring (bicyclic) bond motifs is 1. The number of nitrogens with zero attached hydrogens (tertiary/aromatic N) is 3. The van der Waals surface area contributed by atoms with Crippen molar-refractivity contribution in [1.29, 1.82) is 0 Å². The lowest BCUT2D eigenvalue weighted by Gasteiger charge is -2.25. The monoisotopic (exact) mass is 361 g/mol. The Morgan fingerprint density at radius 3 is 2.19 bits per heavy atom. The molecule has 0 saturated heterocycles. The first-order valence-corrected chi connectivity index (χ1v) is 8.95. The molecular formula is C19H27N3O4. The molecule has 7 nitrogen and oxygen atoms in total. The average molecular weight is 361 g/mol. The van der Waals surface area contributed by atoms with Crippen LogP contribution in [-0.4, -0.2) is 45.6 Å². The Balaban J connectivity index is 2.23. The smallest absolute Gasteiger partial charge is 0.329 e. The predicted molar refractivity (Wildman–Crippen MR) is 100.0 cm³/mol. The number of aromatic nitrogens is 2. The Kier molecular flexibility index (Phi) is 6.60. The topological polar surface area (TPSA) is 73.5 Å². The van der Waals surface area contributed by atoms with Crippen molar-refractivity contribution in [3.05, 3.63) is 34.7 Å². The third-order valence-electron chi connectivity index (χ3n) is 4.39. The maximum atomic E-state index is 12.7. The zero-order valence-electron chi connectivity index (χ0n) is 15.9. The van der Waals surface area contributed by atoms with Gasteiger partial charge in [0.1, 0.15) is 6.54 Å². The zero-order chi connectivity index (χ0) is 19.3. The molecule has 0 N–H and O–H groups in total. The molecule has 0 spiro atoms. The van der Waals surface area contributed by atoms with E-state index >= 15 is 0 Å². The lowest BCUT2D eigenvalue weighted by molar-refractivity contribution is -0.148. The average Bonchev–Trinajstić information content (AvgIpc) is 2.89. The number of esters is 1. The van der Waals surface area contributed by atoms with Gasteiger partial charge in [0.25, 0.3) is 0 Å². The highest BCUT2D eigenvalue weighted by atomic mass is 16.5. The number of hydrogen-bond donors (Lipinski definition) is 0. The van der Waals surface area contributed by atoms with E-state index in [-0.39, 0.29) is 37.1 Å². The Bertz CT molecular complexity index is 835. The number of amides is 1. The second-order valence-electron chi connectivity index (χ2n) is 6.52. The zero-order valence-corrected chi connectivity index (χ0v) is 15.9. The van der Waals surface area contributed by atoms with Crippen molar-refractivity contribution < 1.29 is 14.3 Å². The number of aryl methyl sites for hydroxylation is 2. The number of benzene rings is 1. The van der Waals surface area contributed by atoms with Crippen molar-refractivity contribution in [2.75, 3.05) is 13.7 Å². The molecule has 26 heavy (non-hydrogen) atoms. The van der Waals surface area contributed by atoms with Gasteiger partial charge in [-0.05, 0) is 32.4 Å². The second kappa shape index (κ2) is 8.69. The largest absolute Gasteiger partial charge is 0.468 e. The third-order valence-corrected chi connectivity index (χ3v) is 4.39. The molecule has 2 aromatic rings. The molecule has 1 aromatic carbocycles. The minimum absolute atomic E-state index is 0.0838. The Morgan fingerprint density at radius 1 is 1.12 bits per heavy atom. The number of hydrogen-bond acceptors (Lipinski definition) is 4. The third kappa shape index (κ3) is 4.15. The van der Waals surface area contributed by atoms with Crippen LogP contribution in [0.15, 0.2) is 29.1 Å². The first kappa shape index (κ1) is 19.8. The maximum absolute atomic E-state index is 12.7. The number of carbonyl (C=O) groups excluding carboxylic acids is 2. The van der Waals surface area contributed by atoms with Gasteiger partial charge in [0.2, 0.25) is 5.91 Å². The van der Waals surface area contributed by atoms with Crippen LogP contribution < -0.4 is 5.69 Å². The van der Waals surface area contributed by atoms with E-state index in [0.717, 1.165) is 17.5 Å². The van der Waals surface area contributed by atoms with Gasteiger partial charge < -0.3 is 9.64 Å². The summed E-state index contributed by atoms with van der Waals surface area (Å²) < 4.78 is 8.04. The number of methoxy groups -OCH3 is 1. The number of imidazole rings is 1. The van der Waals surface area contributed by atoms with Gasteiger partial charge in [-0.15, -0.1) is 0 Å². The SMILES string of the molecule is CCCn1c(=O)n(CCC(=O)N(CC(=O)OC)C(C)C)c2ccccc21. The van der Waals surface area contributed by atoms with Gasteiger partial charge in [-0.3, -0.25) is 18.7 Å². The molecule has 1 aromatic heterocycles. The van der Waals surface area contributed by atoms with E-state index in [2.05, 4.69) is 4.74 Å². The summed E-state index contributed by atoms with van der Waals surface area (Å²) in [5.41, 5.74) is 1.59. The highest BCUT2D eigenvalue weighted by Gasteiger charge is 2.21. The summed E-state index contributed by atoms with van der Waals surface area (Å²) in [4.78, 5) is 38.3. The van der Waals surface area contributed by atoms with Gasteiger partial charge in [-0.25, -0.2) is 4.79 Å². The van der Waals surface area contributed by atoms with E-state index < -0.39 is 5.97 Å². The molecular weight excluding hydrogens is 334 g/mol. The van der Waals surface area contributed by atoms with E-state index in [0.29, 0.717) is 6.54 Å². The first-order valence-electron chi connectivity index (χ1n) is 8.95. The highest BCUT2D eigenvalue weighted by Crippen LogP contribution is 2.14. The van der Waals surface area contributed by atoms with Crippen LogP contribution in [0.3, 0.4) is 0 Å². The van der Waals surface area contributed by atoms with Gasteiger partial charge in [-0.2, -0.15) is 0 Å². The molecule has 142 valence electrons. The van der Waals surface area contributed by atoms with Crippen molar-refractivity contribution in [3.8, 4) is 0 Å². The van der Waals surface area contributed by atoms with E-state index in [1.54, 1.807) is 9.13 Å². The van der Waals surface area contributed by atoms with Crippen molar-refractivity contribution >= 4 is 22.9 Å². The standard InChI is InChI=1S/C19H27N3O4/c1-5-11-20-15-8-6-7-9-16(15)21(19(20)25)12-10-17(23)22(14(2)3)13-18(24)26-4/h6-9,14H,5,10-13H2,1-4H3. The predicted octanol–water partition coefficient (Wildman–Crippen LogP) is 2.01. The summed E-state index contributed by atoms with van der Waals surface area (Å²) >= 11 is 0. The fraction of sp³-hybridized carbons (Fsp3) is 0.526. The van der Waals surface area contributed by atoms with Gasteiger partial charge in [0.15, 0.2) is 0 Å². The molecule has 0 saturated carbocycles. The highest BCUT2D eigenvalue weighted by molar-refractivity contribution is 5.82. The number of para-hydroxylation sites is 2. The molecule has 0 aliphatic rings. The molecule has 0 aliphatic heterocycles. The second-order valence-corrected chi connectivity index (χ2v) is 6.52. The molecule has 2 rings (SSSR count). The molecule has 1 amide bonds. The quantitative estimate of drug-likeness (QED) is 0.674. The number of rotatable bonds is 8. The summed E-state index contributed by atoms with van der Waals surface area (Å²) in [5.74, 6) is -0.631. The van der Waals surface area contributed by atoms with Crippen LogP contribution in [0.25, 0.3) is 11.0 Å². The maximum Gasteiger partial charge on any atom is 0.329 e. The summed E-state index contributed by atoms with van der Waals surface area (Å²) in [6, 6.07) is 7.47. The van der Waals surface area contributed by atoms with Gasteiger partial charge in [-0.1, -0.05) is 19.1 Å². The summed E-state index contributed by atoms with van der Waals surface area (Å²) in [6.07, 6.45) is 1.00. The van der Waals surface area contributed by atoms with Crippen molar-refractivity contribution in [3.63, 3.8) is 0 Å². The number of carbonyl (C=O) groups is 2. The van der Waals surface area contributed by atoms with E-state index in [1.165, 1.54) is 12.0 Å². The fourth-order valence-corrected chi connectivity index (χ4v) is 3.04. The fourth-order valence-electron chi connectivity index (χ4n) is 3.04. The van der Waals surface area contributed by atoms with Gasteiger partial charge in [0.05, 0.1) is 18.1 Å². The van der Waals surface area contributed by atoms with Crippen molar-refractivity contribution in [2.24, 2.45) is 0 Å². The molecule has 0 fully saturated rings. The van der Waals surface area contributed by atoms with Crippen LogP contribution in [0, 0.1) is 0 Å². The molecule has 0 atom stereocenters. The summed E-state index contributed by atoms with van der Waals surface area (Å²) in [6.45, 7) is 6.55. The van der Waals surface area contributed by atoms with Gasteiger partial charge >= 0.3 is 11.7 Å². The summed E-state index contributed by atoms with van der Waals surface area (Å²) in [7, 11) is 1.30. The lowest BCUT2D eigenvalue weighted by Crippen LogP contribution is -2.41. The summed E-state index contributed by atoms with van der Waals surface area (Å²) in [5, 5.41) is 0. The molecule has 0 unspecified atom stereocenters. The van der Waals surface area contributed by atoms with Crippen LogP contribution in [0.1, 0.15) is 33.6 Å². The van der Waals surface area contributed by atoms with Crippen LogP contribution in [0.5, 0.6) is 0 Å². The van der Waals surface area contributed by atoms with Crippen LogP contribution in [0.2, 0.25) is 0 Å². The minimum Gasteiger partial charge on any atom is -0.468 e. The van der Waals surface area contributed by atoms with E-state index in [4.69, 9.17) is 0 Å². The Hall–Kier alpha value is -2.57. The minimum atomic E-state index is -0.455.